The van der Waals surface area contributed by atoms with Crippen molar-refractivity contribution in [3.63, 3.8) is 0 Å². The number of nitrogens with zero attached hydrogens (tertiary/aromatic N) is 1. The Bertz CT molecular complexity index is 505. The van der Waals surface area contributed by atoms with Crippen LogP contribution in [0.3, 0.4) is 0 Å². The molecule has 3 unspecified atom stereocenters. The molecule has 0 radical (unpaired) electrons. The third-order valence-electron chi connectivity index (χ3n) is 5.34. The molecule has 2 fully saturated rings. The lowest BCUT2D eigenvalue weighted by atomic mass is 10.1. The van der Waals surface area contributed by atoms with Crippen LogP contribution in [0.2, 0.25) is 0 Å². The van der Waals surface area contributed by atoms with Gasteiger partial charge in [-0.15, -0.1) is 0 Å². The predicted octanol–water partition coefficient (Wildman–Crippen LogP) is 1.79. The van der Waals surface area contributed by atoms with Crippen molar-refractivity contribution in [2.75, 3.05) is 26.2 Å². The van der Waals surface area contributed by atoms with Gasteiger partial charge in [-0.2, -0.15) is 0 Å². The van der Waals surface area contributed by atoms with Gasteiger partial charge in [-0.1, -0.05) is 30.3 Å². The summed E-state index contributed by atoms with van der Waals surface area (Å²) in [5, 5.41) is 3.16. The maximum Gasteiger partial charge on any atom is 0.223 e. The van der Waals surface area contributed by atoms with Gasteiger partial charge in [0, 0.05) is 31.6 Å². The topological polar surface area (TPSA) is 58.4 Å². The fraction of sp³-hybridized carbons (Fsp3) is 0.632. The Morgan fingerprint density at radius 3 is 2.78 bits per heavy atom. The first-order chi connectivity index (χ1) is 11.2. The third kappa shape index (κ3) is 4.79. The van der Waals surface area contributed by atoms with Crippen molar-refractivity contribution >= 4 is 5.91 Å². The lowest BCUT2D eigenvalue weighted by Crippen LogP contribution is -2.35. The molecule has 3 atom stereocenters. The van der Waals surface area contributed by atoms with E-state index in [0.717, 1.165) is 51.9 Å². The number of carbonyl (C=O) groups is 1. The van der Waals surface area contributed by atoms with Crippen LogP contribution in [0.5, 0.6) is 0 Å². The normalized spacial score (nSPS) is 28.1. The molecule has 0 spiro atoms. The molecule has 4 nitrogen and oxygen atoms in total. The van der Waals surface area contributed by atoms with E-state index in [2.05, 4.69) is 40.5 Å². The molecule has 2 aliphatic rings. The number of hydrogen-bond acceptors (Lipinski definition) is 3. The summed E-state index contributed by atoms with van der Waals surface area (Å²) in [5.41, 5.74) is 7.30. The summed E-state index contributed by atoms with van der Waals surface area (Å²) in [6.07, 6.45) is 5.12. The number of nitrogens with two attached hydrogens (primary N) is 1. The molecule has 1 aromatic rings. The van der Waals surface area contributed by atoms with E-state index in [1.165, 1.54) is 12.0 Å². The molecular formula is C19H29N3O. The molecule has 1 heterocycles. The van der Waals surface area contributed by atoms with Crippen molar-refractivity contribution in [1.82, 2.24) is 10.2 Å². The molecule has 1 saturated carbocycles. The molecule has 1 aliphatic heterocycles. The number of carbonyl (C=O) groups excluding carboxylic acids is 1. The fourth-order valence-electron chi connectivity index (χ4n) is 3.86. The highest BCUT2D eigenvalue weighted by Gasteiger charge is 2.29. The van der Waals surface area contributed by atoms with Gasteiger partial charge in [0.05, 0.1) is 0 Å². The largest absolute Gasteiger partial charge is 0.356 e. The minimum atomic E-state index is 0.153. The Morgan fingerprint density at radius 1 is 1.22 bits per heavy atom. The molecule has 0 bridgehead atoms. The maximum atomic E-state index is 12.2. The van der Waals surface area contributed by atoms with Crippen molar-refractivity contribution in [3.8, 4) is 0 Å². The molecule has 0 aromatic heterocycles. The van der Waals surface area contributed by atoms with Crippen LogP contribution in [-0.4, -0.2) is 43.0 Å². The smallest absolute Gasteiger partial charge is 0.223 e. The summed E-state index contributed by atoms with van der Waals surface area (Å²) in [7, 11) is 0. The number of amides is 1. The first kappa shape index (κ1) is 16.5. The molecule has 1 saturated heterocycles. The Hall–Kier alpha value is -1.39. The molecule has 4 heteroatoms. The van der Waals surface area contributed by atoms with Gasteiger partial charge in [-0.25, -0.2) is 0 Å². The van der Waals surface area contributed by atoms with Gasteiger partial charge in [0.15, 0.2) is 0 Å². The van der Waals surface area contributed by atoms with Crippen molar-refractivity contribution < 1.29 is 4.79 Å². The Morgan fingerprint density at radius 2 is 2.04 bits per heavy atom. The molecule has 1 aliphatic carbocycles. The summed E-state index contributed by atoms with van der Waals surface area (Å²) in [5.74, 6) is 0.978. The molecule has 1 aromatic carbocycles. The van der Waals surface area contributed by atoms with E-state index in [-0.39, 0.29) is 17.9 Å². The lowest BCUT2D eigenvalue weighted by Gasteiger charge is -2.17. The Kier molecular flexibility index (Phi) is 5.68. The monoisotopic (exact) mass is 315 g/mol. The van der Waals surface area contributed by atoms with E-state index >= 15 is 0 Å². The van der Waals surface area contributed by atoms with Gasteiger partial charge >= 0.3 is 0 Å². The van der Waals surface area contributed by atoms with Crippen LogP contribution in [0.4, 0.5) is 0 Å². The van der Waals surface area contributed by atoms with Crippen molar-refractivity contribution in [2.45, 2.75) is 38.1 Å². The van der Waals surface area contributed by atoms with Crippen LogP contribution in [0.15, 0.2) is 30.3 Å². The highest BCUT2D eigenvalue weighted by molar-refractivity contribution is 5.79. The van der Waals surface area contributed by atoms with Crippen LogP contribution in [-0.2, 0) is 11.2 Å². The van der Waals surface area contributed by atoms with Gasteiger partial charge in [0.1, 0.15) is 0 Å². The standard InChI is InChI=1S/C19H29N3O/c20-18-7-6-17(12-18)19(23)21-13-16-9-11-22(14-16)10-8-15-4-2-1-3-5-15/h1-5,16-18H,6-14,20H2,(H,21,23). The minimum Gasteiger partial charge on any atom is -0.356 e. The third-order valence-corrected chi connectivity index (χ3v) is 5.34. The number of likely N-dealkylation sites (tertiary alicyclic amines) is 1. The molecule has 126 valence electrons. The lowest BCUT2D eigenvalue weighted by molar-refractivity contribution is -0.125. The van der Waals surface area contributed by atoms with Crippen LogP contribution in [0.1, 0.15) is 31.2 Å². The first-order valence-electron chi connectivity index (χ1n) is 9.00. The Labute approximate surface area is 139 Å². The summed E-state index contributed by atoms with van der Waals surface area (Å²) >= 11 is 0. The molecule has 3 rings (SSSR count). The predicted molar refractivity (Wildman–Crippen MR) is 93.0 cm³/mol. The highest BCUT2D eigenvalue weighted by Crippen LogP contribution is 2.24. The maximum absolute atomic E-state index is 12.2. The van der Waals surface area contributed by atoms with Crippen molar-refractivity contribution in [2.24, 2.45) is 17.6 Å². The van der Waals surface area contributed by atoms with E-state index in [0.29, 0.717) is 5.92 Å². The van der Waals surface area contributed by atoms with E-state index in [4.69, 9.17) is 5.73 Å². The van der Waals surface area contributed by atoms with Gasteiger partial charge in [-0.05, 0) is 50.1 Å². The van der Waals surface area contributed by atoms with Crippen LogP contribution in [0, 0.1) is 11.8 Å². The van der Waals surface area contributed by atoms with Crippen molar-refractivity contribution in [3.05, 3.63) is 35.9 Å². The zero-order valence-electron chi connectivity index (χ0n) is 13.9. The second-order valence-electron chi connectivity index (χ2n) is 7.21. The van der Waals surface area contributed by atoms with Crippen LogP contribution in [0.25, 0.3) is 0 Å². The number of benzene rings is 1. The van der Waals surface area contributed by atoms with E-state index in [1.807, 2.05) is 0 Å². The van der Waals surface area contributed by atoms with E-state index < -0.39 is 0 Å². The molecular weight excluding hydrogens is 286 g/mol. The quantitative estimate of drug-likeness (QED) is 0.841. The first-order valence-corrected chi connectivity index (χ1v) is 9.00. The molecule has 3 N–H and O–H groups in total. The second kappa shape index (κ2) is 7.93. The van der Waals surface area contributed by atoms with Crippen molar-refractivity contribution in [1.29, 1.82) is 0 Å². The second-order valence-corrected chi connectivity index (χ2v) is 7.21. The number of rotatable bonds is 6. The zero-order valence-corrected chi connectivity index (χ0v) is 13.9. The van der Waals surface area contributed by atoms with Gasteiger partial charge in [0.25, 0.3) is 0 Å². The van der Waals surface area contributed by atoms with Crippen LogP contribution >= 0.6 is 0 Å². The molecule has 23 heavy (non-hydrogen) atoms. The SMILES string of the molecule is NC1CCC(C(=O)NCC2CCN(CCc3ccccc3)C2)C1. The number of hydrogen-bond donors (Lipinski definition) is 2. The fourth-order valence-corrected chi connectivity index (χ4v) is 3.86. The van der Waals surface area contributed by atoms with E-state index in [9.17, 15) is 4.79 Å². The number of nitrogens with one attached hydrogen (secondary N) is 1. The summed E-state index contributed by atoms with van der Waals surface area (Å²) < 4.78 is 0. The van der Waals surface area contributed by atoms with Gasteiger partial charge < -0.3 is 16.0 Å². The average Bonchev–Trinajstić information content (AvgIpc) is 3.21. The summed E-state index contributed by atoms with van der Waals surface area (Å²) in [6.45, 7) is 4.21. The van der Waals surface area contributed by atoms with E-state index in [1.54, 1.807) is 0 Å². The van der Waals surface area contributed by atoms with Gasteiger partial charge in [0.2, 0.25) is 5.91 Å². The van der Waals surface area contributed by atoms with Gasteiger partial charge in [-0.3, -0.25) is 4.79 Å². The minimum absolute atomic E-state index is 0.153. The summed E-state index contributed by atoms with van der Waals surface area (Å²) in [4.78, 5) is 14.7. The average molecular weight is 315 g/mol. The highest BCUT2D eigenvalue weighted by atomic mass is 16.1. The summed E-state index contributed by atoms with van der Waals surface area (Å²) in [6, 6.07) is 10.9. The van der Waals surface area contributed by atoms with Crippen LogP contribution < -0.4 is 11.1 Å². The Balaban J connectivity index is 1.34. The zero-order chi connectivity index (χ0) is 16.1. The molecule has 1 amide bonds.